The van der Waals surface area contributed by atoms with Gasteiger partial charge < -0.3 is 10.2 Å². The van der Waals surface area contributed by atoms with Crippen LogP contribution in [0.4, 0.5) is 11.6 Å². The molecule has 0 radical (unpaired) electrons. The molecule has 0 saturated heterocycles. The van der Waals surface area contributed by atoms with Crippen LogP contribution in [-0.4, -0.2) is 29.0 Å². The van der Waals surface area contributed by atoms with Crippen molar-refractivity contribution in [1.82, 2.24) is 15.0 Å². The molecule has 5 nitrogen and oxygen atoms in total. The SMILES string of the molecule is CNc1cc(N(C)Cc2csc(C)n2)nc(C(C)(C)C)n1. The van der Waals surface area contributed by atoms with E-state index in [0.717, 1.165) is 34.7 Å². The summed E-state index contributed by atoms with van der Waals surface area (Å²) < 4.78 is 0. The Labute approximate surface area is 130 Å². The standard InChI is InChI=1S/C15H23N5S/c1-10-17-11(9-21-10)8-20(6)13-7-12(16-5)18-14(19-13)15(2,3)4/h7,9H,8H2,1-6H3,(H,16,18,19). The maximum absolute atomic E-state index is 4.71. The van der Waals surface area contributed by atoms with Crippen molar-refractivity contribution in [1.29, 1.82) is 0 Å². The summed E-state index contributed by atoms with van der Waals surface area (Å²) in [5.41, 5.74) is 0.988. The maximum Gasteiger partial charge on any atom is 0.138 e. The summed E-state index contributed by atoms with van der Waals surface area (Å²) in [4.78, 5) is 15.9. The van der Waals surface area contributed by atoms with Crippen molar-refractivity contribution in [2.24, 2.45) is 0 Å². The first kappa shape index (κ1) is 15.7. The highest BCUT2D eigenvalue weighted by atomic mass is 32.1. The Balaban J connectivity index is 2.29. The van der Waals surface area contributed by atoms with Gasteiger partial charge in [-0.05, 0) is 6.92 Å². The number of hydrogen-bond acceptors (Lipinski definition) is 6. The highest BCUT2D eigenvalue weighted by molar-refractivity contribution is 7.09. The van der Waals surface area contributed by atoms with Crippen molar-refractivity contribution in [2.45, 2.75) is 39.7 Å². The number of nitrogens with zero attached hydrogens (tertiary/aromatic N) is 4. The van der Waals surface area contributed by atoms with Gasteiger partial charge in [0.15, 0.2) is 0 Å². The van der Waals surface area contributed by atoms with E-state index < -0.39 is 0 Å². The van der Waals surface area contributed by atoms with Gasteiger partial charge in [-0.3, -0.25) is 0 Å². The second kappa shape index (κ2) is 5.97. The summed E-state index contributed by atoms with van der Waals surface area (Å²) >= 11 is 1.67. The van der Waals surface area contributed by atoms with E-state index >= 15 is 0 Å². The van der Waals surface area contributed by atoms with Crippen LogP contribution in [0.15, 0.2) is 11.4 Å². The predicted octanol–water partition coefficient (Wildman–Crippen LogP) is 3.22. The minimum atomic E-state index is -0.0837. The molecule has 0 fully saturated rings. The number of rotatable bonds is 4. The Morgan fingerprint density at radius 2 is 1.95 bits per heavy atom. The van der Waals surface area contributed by atoms with Crippen LogP contribution in [0.5, 0.6) is 0 Å². The van der Waals surface area contributed by atoms with Crippen LogP contribution < -0.4 is 10.2 Å². The summed E-state index contributed by atoms with van der Waals surface area (Å²) in [5.74, 6) is 2.59. The lowest BCUT2D eigenvalue weighted by Gasteiger charge is -2.22. The van der Waals surface area contributed by atoms with Crippen molar-refractivity contribution < 1.29 is 0 Å². The predicted molar refractivity (Wildman–Crippen MR) is 89.2 cm³/mol. The first-order valence-electron chi connectivity index (χ1n) is 6.99. The van der Waals surface area contributed by atoms with Gasteiger partial charge in [0.05, 0.1) is 17.2 Å². The van der Waals surface area contributed by atoms with Gasteiger partial charge in [-0.2, -0.15) is 0 Å². The van der Waals surface area contributed by atoms with Crippen LogP contribution in [0.2, 0.25) is 0 Å². The zero-order valence-corrected chi connectivity index (χ0v) is 14.4. The van der Waals surface area contributed by atoms with Crippen LogP contribution in [0.1, 0.15) is 37.3 Å². The minimum absolute atomic E-state index is 0.0837. The van der Waals surface area contributed by atoms with Gasteiger partial charge in [0.1, 0.15) is 17.5 Å². The molecule has 114 valence electrons. The fraction of sp³-hybridized carbons (Fsp3) is 0.533. The number of aryl methyl sites for hydroxylation is 1. The van der Waals surface area contributed by atoms with Gasteiger partial charge in [-0.25, -0.2) is 15.0 Å². The van der Waals surface area contributed by atoms with Crippen LogP contribution in [-0.2, 0) is 12.0 Å². The summed E-state index contributed by atoms with van der Waals surface area (Å²) in [6, 6.07) is 1.97. The molecule has 6 heteroatoms. The van der Waals surface area contributed by atoms with Crippen LogP contribution >= 0.6 is 11.3 Å². The molecule has 0 atom stereocenters. The average Bonchev–Trinajstić information content (AvgIpc) is 2.82. The van der Waals surface area contributed by atoms with Gasteiger partial charge in [0.25, 0.3) is 0 Å². The second-order valence-corrected chi connectivity index (χ2v) is 7.21. The smallest absolute Gasteiger partial charge is 0.138 e. The lowest BCUT2D eigenvalue weighted by atomic mass is 9.96. The molecule has 0 aliphatic heterocycles. The molecule has 0 spiro atoms. The molecule has 0 unspecified atom stereocenters. The molecular formula is C15H23N5S. The number of aromatic nitrogens is 3. The summed E-state index contributed by atoms with van der Waals surface area (Å²) in [6.07, 6.45) is 0. The van der Waals surface area contributed by atoms with Crippen LogP contribution in [0.3, 0.4) is 0 Å². The Kier molecular flexibility index (Phi) is 4.46. The minimum Gasteiger partial charge on any atom is -0.373 e. The van der Waals surface area contributed by atoms with Crippen molar-refractivity contribution in [3.8, 4) is 0 Å². The van der Waals surface area contributed by atoms with Crippen molar-refractivity contribution in [3.63, 3.8) is 0 Å². The van der Waals surface area contributed by atoms with Crippen molar-refractivity contribution >= 4 is 23.0 Å². The quantitative estimate of drug-likeness (QED) is 0.940. The average molecular weight is 305 g/mol. The Bertz CT molecular complexity index is 615. The van der Waals surface area contributed by atoms with E-state index in [2.05, 4.69) is 46.3 Å². The molecule has 0 amide bonds. The number of hydrogen-bond donors (Lipinski definition) is 1. The molecule has 0 bridgehead atoms. The Morgan fingerprint density at radius 1 is 1.24 bits per heavy atom. The van der Waals surface area contributed by atoms with Gasteiger partial charge in [-0.1, -0.05) is 20.8 Å². The molecule has 2 aromatic heterocycles. The second-order valence-electron chi connectivity index (χ2n) is 6.15. The van der Waals surface area contributed by atoms with E-state index in [-0.39, 0.29) is 5.41 Å². The molecule has 0 aliphatic carbocycles. The van der Waals surface area contributed by atoms with Crippen molar-refractivity contribution in [2.75, 3.05) is 24.3 Å². The lowest BCUT2D eigenvalue weighted by Crippen LogP contribution is -2.23. The Morgan fingerprint density at radius 3 is 2.48 bits per heavy atom. The molecule has 2 rings (SSSR count). The maximum atomic E-state index is 4.71. The molecule has 2 heterocycles. The number of nitrogens with one attached hydrogen (secondary N) is 1. The van der Waals surface area contributed by atoms with E-state index in [4.69, 9.17) is 4.98 Å². The summed E-state index contributed by atoms with van der Waals surface area (Å²) in [5, 5.41) is 6.30. The molecule has 2 aromatic rings. The first-order chi connectivity index (χ1) is 9.79. The Hall–Kier alpha value is -1.69. The molecule has 0 aromatic carbocycles. The third-order valence-corrected chi connectivity index (χ3v) is 3.92. The topological polar surface area (TPSA) is 53.9 Å². The monoisotopic (exact) mass is 305 g/mol. The van der Waals surface area contributed by atoms with Gasteiger partial charge in [0.2, 0.25) is 0 Å². The lowest BCUT2D eigenvalue weighted by molar-refractivity contribution is 0.545. The van der Waals surface area contributed by atoms with E-state index in [9.17, 15) is 0 Å². The third-order valence-electron chi connectivity index (χ3n) is 3.10. The fourth-order valence-corrected chi connectivity index (χ4v) is 2.50. The van der Waals surface area contributed by atoms with E-state index in [1.54, 1.807) is 11.3 Å². The molecule has 0 saturated carbocycles. The summed E-state index contributed by atoms with van der Waals surface area (Å²) in [6.45, 7) is 9.13. The largest absolute Gasteiger partial charge is 0.373 e. The molecule has 21 heavy (non-hydrogen) atoms. The zero-order chi connectivity index (χ0) is 15.6. The zero-order valence-electron chi connectivity index (χ0n) is 13.6. The first-order valence-corrected chi connectivity index (χ1v) is 7.87. The highest BCUT2D eigenvalue weighted by Gasteiger charge is 2.20. The molecular weight excluding hydrogens is 282 g/mol. The normalized spacial score (nSPS) is 11.5. The molecule has 1 N–H and O–H groups in total. The van der Waals surface area contributed by atoms with Gasteiger partial charge in [0, 0.05) is 31.0 Å². The number of anilines is 2. The van der Waals surface area contributed by atoms with Gasteiger partial charge in [-0.15, -0.1) is 11.3 Å². The van der Waals surface area contributed by atoms with Gasteiger partial charge >= 0.3 is 0 Å². The van der Waals surface area contributed by atoms with Crippen LogP contribution in [0.25, 0.3) is 0 Å². The van der Waals surface area contributed by atoms with E-state index in [0.29, 0.717) is 0 Å². The van der Waals surface area contributed by atoms with E-state index in [1.807, 2.05) is 27.1 Å². The number of thiazole rings is 1. The fourth-order valence-electron chi connectivity index (χ4n) is 1.90. The van der Waals surface area contributed by atoms with E-state index in [1.165, 1.54) is 0 Å². The third kappa shape index (κ3) is 3.91. The van der Waals surface area contributed by atoms with Crippen molar-refractivity contribution in [3.05, 3.63) is 28.0 Å². The highest BCUT2D eigenvalue weighted by Crippen LogP contribution is 2.24. The molecule has 0 aliphatic rings. The van der Waals surface area contributed by atoms with Crippen LogP contribution in [0, 0.1) is 6.92 Å². The summed E-state index contributed by atoms with van der Waals surface area (Å²) in [7, 11) is 3.91.